The van der Waals surface area contributed by atoms with Crippen LogP contribution in [0.3, 0.4) is 0 Å². The van der Waals surface area contributed by atoms with E-state index >= 15 is 0 Å². The van der Waals surface area contributed by atoms with Crippen LogP contribution in [0.15, 0.2) is 53.5 Å². The maximum absolute atomic E-state index is 12.9. The van der Waals surface area contributed by atoms with Gasteiger partial charge in [-0.15, -0.1) is 0 Å². The van der Waals surface area contributed by atoms with Crippen molar-refractivity contribution in [2.24, 2.45) is 4.99 Å². The van der Waals surface area contributed by atoms with Gasteiger partial charge in [0.2, 0.25) is 11.8 Å². The van der Waals surface area contributed by atoms with E-state index in [4.69, 9.17) is 21.1 Å². The van der Waals surface area contributed by atoms with Crippen LogP contribution in [0, 0.1) is 0 Å². The lowest BCUT2D eigenvalue weighted by atomic mass is 10.2. The number of amidine groups is 1. The number of methoxy groups -OCH3 is 2. The molecule has 3 rings (SSSR count). The second-order valence-corrected chi connectivity index (χ2v) is 8.05. The maximum atomic E-state index is 12.9. The lowest BCUT2D eigenvalue weighted by Gasteiger charge is -2.15. The number of aliphatic imine (C=N–C) groups is 1. The molecule has 0 radical (unpaired) electrons. The van der Waals surface area contributed by atoms with Crippen LogP contribution in [-0.2, 0) is 14.3 Å². The van der Waals surface area contributed by atoms with Crippen molar-refractivity contribution in [2.45, 2.75) is 11.7 Å². The summed E-state index contributed by atoms with van der Waals surface area (Å²) in [6, 6.07) is 14.1. The molecule has 1 heterocycles. The highest BCUT2D eigenvalue weighted by atomic mass is 35.5. The average molecular weight is 448 g/mol. The van der Waals surface area contributed by atoms with Gasteiger partial charge in [0.25, 0.3) is 0 Å². The van der Waals surface area contributed by atoms with Crippen molar-refractivity contribution < 1.29 is 19.1 Å². The van der Waals surface area contributed by atoms with Gasteiger partial charge in [0.1, 0.15) is 11.0 Å². The molecule has 30 heavy (non-hydrogen) atoms. The summed E-state index contributed by atoms with van der Waals surface area (Å²) in [5.74, 6) is 0.298. The predicted octanol–water partition coefficient (Wildman–Crippen LogP) is 3.96. The molecule has 1 saturated heterocycles. The highest BCUT2D eigenvalue weighted by Crippen LogP contribution is 2.32. The van der Waals surface area contributed by atoms with Crippen LogP contribution < -0.4 is 10.1 Å². The van der Waals surface area contributed by atoms with Gasteiger partial charge in [-0.25, -0.2) is 4.99 Å². The van der Waals surface area contributed by atoms with E-state index in [1.807, 2.05) is 12.1 Å². The fraction of sp³-hybridized carbons (Fsp3) is 0.286. The number of hydrogen-bond donors (Lipinski definition) is 1. The van der Waals surface area contributed by atoms with Crippen molar-refractivity contribution in [3.63, 3.8) is 0 Å². The van der Waals surface area contributed by atoms with E-state index in [2.05, 4.69) is 10.3 Å². The summed E-state index contributed by atoms with van der Waals surface area (Å²) < 4.78 is 10.3. The van der Waals surface area contributed by atoms with Crippen molar-refractivity contribution in [2.75, 3.05) is 32.7 Å². The molecule has 2 amide bonds. The minimum absolute atomic E-state index is 0.0289. The number of carbonyl (C=O) groups is 2. The zero-order chi connectivity index (χ0) is 21.5. The van der Waals surface area contributed by atoms with Gasteiger partial charge >= 0.3 is 0 Å². The van der Waals surface area contributed by atoms with Crippen LogP contribution >= 0.6 is 23.4 Å². The quantitative estimate of drug-likeness (QED) is 0.662. The van der Waals surface area contributed by atoms with E-state index < -0.39 is 5.25 Å². The van der Waals surface area contributed by atoms with E-state index in [0.717, 1.165) is 5.75 Å². The Morgan fingerprint density at radius 3 is 2.67 bits per heavy atom. The van der Waals surface area contributed by atoms with E-state index in [-0.39, 0.29) is 18.2 Å². The summed E-state index contributed by atoms with van der Waals surface area (Å²) in [6.45, 7) is 0.735. The second-order valence-electron chi connectivity index (χ2n) is 6.44. The molecule has 1 aliphatic rings. The lowest BCUT2D eigenvalue weighted by molar-refractivity contribution is -0.128. The number of carbonyl (C=O) groups excluding carboxylic acids is 2. The van der Waals surface area contributed by atoms with Crippen molar-refractivity contribution in [3.05, 3.63) is 53.6 Å². The number of nitrogens with zero attached hydrogens (tertiary/aromatic N) is 2. The number of ether oxygens (including phenoxy) is 2. The number of anilines is 1. The number of hydrogen-bond acceptors (Lipinski definition) is 6. The molecule has 1 fully saturated rings. The Kier molecular flexibility index (Phi) is 7.73. The Labute approximate surface area is 184 Å². The SMILES string of the molecule is COCCN1C(=O)C(CC(=O)Nc2cccc(Cl)c2)SC1=Nc1ccc(OC)cc1. The largest absolute Gasteiger partial charge is 0.497 e. The number of rotatable bonds is 8. The molecule has 1 unspecified atom stereocenters. The van der Waals surface area contributed by atoms with Gasteiger partial charge in [-0.05, 0) is 42.5 Å². The second kappa shape index (κ2) is 10.5. The molecule has 0 spiro atoms. The smallest absolute Gasteiger partial charge is 0.242 e. The van der Waals surface area contributed by atoms with Crippen LogP contribution in [0.2, 0.25) is 5.02 Å². The molecular weight excluding hydrogens is 426 g/mol. The van der Waals surface area contributed by atoms with Crippen LogP contribution in [-0.4, -0.2) is 54.5 Å². The highest BCUT2D eigenvalue weighted by molar-refractivity contribution is 8.15. The summed E-state index contributed by atoms with van der Waals surface area (Å²) in [5.41, 5.74) is 1.28. The van der Waals surface area contributed by atoms with Gasteiger partial charge < -0.3 is 14.8 Å². The third kappa shape index (κ3) is 5.75. The van der Waals surface area contributed by atoms with Gasteiger partial charge in [0.15, 0.2) is 5.17 Å². The molecule has 0 aliphatic carbocycles. The molecule has 158 valence electrons. The number of thioether (sulfide) groups is 1. The third-order valence-corrected chi connectivity index (χ3v) is 5.73. The van der Waals surface area contributed by atoms with Crippen molar-refractivity contribution >= 4 is 51.7 Å². The number of benzene rings is 2. The fourth-order valence-corrected chi connectivity index (χ4v) is 4.20. The Morgan fingerprint density at radius 2 is 2.00 bits per heavy atom. The molecule has 2 aromatic rings. The van der Waals surface area contributed by atoms with Crippen LogP contribution in [0.5, 0.6) is 5.75 Å². The predicted molar refractivity (Wildman–Crippen MR) is 120 cm³/mol. The first kappa shape index (κ1) is 22.1. The molecule has 1 aliphatic heterocycles. The number of nitrogens with one attached hydrogen (secondary N) is 1. The number of halogens is 1. The Hall–Kier alpha value is -2.55. The first-order valence-electron chi connectivity index (χ1n) is 9.25. The third-order valence-electron chi connectivity index (χ3n) is 4.32. The van der Waals surface area contributed by atoms with Crippen LogP contribution in [0.25, 0.3) is 0 Å². The van der Waals surface area contributed by atoms with Gasteiger partial charge in [-0.3, -0.25) is 14.5 Å². The molecule has 9 heteroatoms. The summed E-state index contributed by atoms with van der Waals surface area (Å²) in [4.78, 5) is 31.5. The molecule has 0 bridgehead atoms. The van der Waals surface area contributed by atoms with E-state index in [9.17, 15) is 9.59 Å². The number of amides is 2. The topological polar surface area (TPSA) is 80.2 Å². The Bertz CT molecular complexity index is 936. The maximum Gasteiger partial charge on any atom is 0.242 e. The first-order chi connectivity index (χ1) is 14.5. The zero-order valence-corrected chi connectivity index (χ0v) is 18.2. The summed E-state index contributed by atoms with van der Waals surface area (Å²) in [7, 11) is 3.17. The molecule has 1 atom stereocenters. The summed E-state index contributed by atoms with van der Waals surface area (Å²) >= 11 is 7.23. The summed E-state index contributed by atoms with van der Waals surface area (Å²) in [5, 5.41) is 3.29. The minimum Gasteiger partial charge on any atom is -0.497 e. The van der Waals surface area contributed by atoms with E-state index in [0.29, 0.717) is 34.7 Å². The zero-order valence-electron chi connectivity index (χ0n) is 16.6. The Balaban J connectivity index is 1.73. The van der Waals surface area contributed by atoms with Crippen molar-refractivity contribution in [3.8, 4) is 5.75 Å². The van der Waals surface area contributed by atoms with Gasteiger partial charge in [0.05, 0.1) is 25.9 Å². The van der Waals surface area contributed by atoms with E-state index in [1.54, 1.807) is 55.5 Å². The standard InChI is InChI=1S/C21H22ClN3O4S/c1-28-11-10-25-20(27)18(13-19(26)23-16-5-3-4-14(22)12-16)30-21(25)24-15-6-8-17(29-2)9-7-15/h3-9,12,18H,10-11,13H2,1-2H3,(H,23,26). The van der Waals surface area contributed by atoms with Crippen molar-refractivity contribution in [1.82, 2.24) is 4.90 Å². The van der Waals surface area contributed by atoms with Crippen molar-refractivity contribution in [1.29, 1.82) is 0 Å². The molecule has 0 saturated carbocycles. The molecule has 7 nitrogen and oxygen atoms in total. The summed E-state index contributed by atoms with van der Waals surface area (Å²) in [6.07, 6.45) is 0.0289. The molecular formula is C21H22ClN3O4S. The highest BCUT2D eigenvalue weighted by Gasteiger charge is 2.39. The molecule has 1 N–H and O–H groups in total. The van der Waals surface area contributed by atoms with Gasteiger partial charge in [-0.1, -0.05) is 29.4 Å². The molecule has 2 aromatic carbocycles. The van der Waals surface area contributed by atoms with E-state index in [1.165, 1.54) is 11.8 Å². The lowest BCUT2D eigenvalue weighted by Crippen LogP contribution is -2.35. The van der Waals surface area contributed by atoms with Crippen LogP contribution in [0.4, 0.5) is 11.4 Å². The molecule has 0 aromatic heterocycles. The normalized spacial score (nSPS) is 17.4. The monoisotopic (exact) mass is 447 g/mol. The Morgan fingerprint density at radius 1 is 1.23 bits per heavy atom. The van der Waals surface area contributed by atoms with Gasteiger partial charge in [-0.2, -0.15) is 0 Å². The van der Waals surface area contributed by atoms with Crippen LogP contribution in [0.1, 0.15) is 6.42 Å². The first-order valence-corrected chi connectivity index (χ1v) is 10.5. The van der Waals surface area contributed by atoms with Gasteiger partial charge in [0, 0.05) is 24.2 Å². The minimum atomic E-state index is -0.557. The average Bonchev–Trinajstić information content (AvgIpc) is 3.01. The fourth-order valence-electron chi connectivity index (χ4n) is 2.83.